The minimum atomic E-state index is -0.227. The van der Waals surface area contributed by atoms with Gasteiger partial charge in [-0.15, -0.1) is 0 Å². The van der Waals surface area contributed by atoms with E-state index in [9.17, 15) is 0 Å². The first-order valence-corrected chi connectivity index (χ1v) is 19.8. The molecule has 2 nitrogen and oxygen atoms in total. The van der Waals surface area contributed by atoms with Crippen molar-refractivity contribution in [1.82, 2.24) is 0 Å². The van der Waals surface area contributed by atoms with Gasteiger partial charge in [0, 0.05) is 43.2 Å². The van der Waals surface area contributed by atoms with Gasteiger partial charge in [-0.3, -0.25) is 0 Å². The van der Waals surface area contributed by atoms with Crippen molar-refractivity contribution >= 4 is 54.3 Å². The molecule has 2 aliphatic heterocycles. The number of ether oxygens (including phenoxy) is 2. The van der Waals surface area contributed by atoms with Gasteiger partial charge in [0.15, 0.2) is 0 Å². The summed E-state index contributed by atoms with van der Waals surface area (Å²) >= 11 is 0. The van der Waals surface area contributed by atoms with Crippen LogP contribution in [0.25, 0.3) is 11.1 Å². The predicted octanol–water partition coefficient (Wildman–Crippen LogP) is 12.8. The van der Waals surface area contributed by atoms with Crippen LogP contribution in [0.4, 0.5) is 0 Å². The van der Waals surface area contributed by atoms with Gasteiger partial charge < -0.3 is 9.47 Å². The Bertz CT molecular complexity index is 1530. The summed E-state index contributed by atoms with van der Waals surface area (Å²) in [5.74, 6) is 2.01. The first-order valence-electron chi connectivity index (χ1n) is 15.3. The topological polar surface area (TPSA) is 18.5 Å². The van der Waals surface area contributed by atoms with Gasteiger partial charge >= 0.3 is 0 Å². The summed E-state index contributed by atoms with van der Waals surface area (Å²) in [6.45, 7) is 34.6. The van der Waals surface area contributed by atoms with E-state index in [2.05, 4.69) is 124 Å². The second-order valence-electron chi connectivity index (χ2n) is 15.2. The van der Waals surface area contributed by atoms with Crippen LogP contribution in [0.5, 0.6) is 11.5 Å². The summed E-state index contributed by atoms with van der Waals surface area (Å²) in [4.78, 5) is 2.22. The number of rotatable bonds is 9. The second kappa shape index (κ2) is 12.9. The van der Waals surface area contributed by atoms with E-state index < -0.39 is 0 Å². The minimum Gasteiger partial charge on any atom is -0.496 e. The molecule has 2 aromatic carbocycles. The van der Waals surface area contributed by atoms with E-state index in [0.717, 1.165) is 27.7 Å². The van der Waals surface area contributed by atoms with Crippen molar-refractivity contribution in [1.29, 1.82) is 0 Å². The van der Waals surface area contributed by atoms with Gasteiger partial charge in [0.2, 0.25) is 0 Å². The van der Waals surface area contributed by atoms with Crippen molar-refractivity contribution in [3.05, 3.63) is 91.4 Å². The Hall–Kier alpha value is -1.60. The van der Waals surface area contributed by atoms with Crippen LogP contribution in [0, 0.1) is 0 Å². The minimum absolute atomic E-state index is 0.0891. The molecular weight excluding hydrogens is 617 g/mol. The van der Waals surface area contributed by atoms with Crippen LogP contribution in [0.2, 0.25) is 0 Å². The Kier molecular flexibility index (Phi) is 10.3. The molecule has 0 aliphatic carbocycles. The highest BCUT2D eigenvalue weighted by Gasteiger charge is 2.39. The lowest BCUT2D eigenvalue weighted by atomic mass is 9.66. The number of allylic oxidation sites excluding steroid dienone is 2. The lowest BCUT2D eigenvalue weighted by Crippen LogP contribution is -2.32. The highest BCUT2D eigenvalue weighted by Crippen LogP contribution is 2.54. The van der Waals surface area contributed by atoms with E-state index in [0.29, 0.717) is 6.61 Å². The van der Waals surface area contributed by atoms with Gasteiger partial charge in [-0.1, -0.05) is 126 Å². The highest BCUT2D eigenvalue weighted by molar-refractivity contribution is 8.80. The average molecular weight is 667 g/mol. The Balaban J connectivity index is 1.93. The van der Waals surface area contributed by atoms with Gasteiger partial charge in [0.25, 0.3) is 0 Å². The first-order chi connectivity index (χ1) is 20.3. The number of methoxy groups -OCH3 is 1. The Labute approximate surface area is 283 Å². The fraction of sp³-hybridized carbons (Fsp3) is 0.474. The van der Waals surface area contributed by atoms with E-state index in [1.807, 2.05) is 7.11 Å². The molecule has 0 atom stereocenters. The summed E-state index contributed by atoms with van der Waals surface area (Å²) in [5, 5.41) is 4.47. The maximum absolute atomic E-state index is 6.55. The molecule has 0 amide bonds. The van der Waals surface area contributed by atoms with E-state index in [-0.39, 0.29) is 21.7 Å². The zero-order valence-corrected chi connectivity index (χ0v) is 32.0. The fourth-order valence-electron chi connectivity index (χ4n) is 6.44. The second-order valence-corrected chi connectivity index (χ2v) is 19.5. The van der Waals surface area contributed by atoms with E-state index in [4.69, 9.17) is 9.47 Å². The zero-order chi connectivity index (χ0) is 32.8. The Morgan fingerprint density at radius 2 is 1.00 bits per heavy atom. The molecular formula is C38H50O2S4. The maximum Gasteiger partial charge on any atom is 0.126 e. The standard InChI is InChI=1S/C38H50O2S4/c1-15-40-34-30(36(7,8)9)17-26(28-21-42-44-24(28)3)19-32(34)38(12,13)22-37(10,11)31-18-25(27-20-41-43-23(27)2)16-29(33(31)39-14)35(4,5)6/h16-21H,2-3,15,22H2,1,4-14H3. The third-order valence-electron chi connectivity index (χ3n) is 8.48. The molecule has 0 saturated carbocycles. The molecule has 0 saturated heterocycles. The van der Waals surface area contributed by atoms with Crippen molar-refractivity contribution < 1.29 is 9.47 Å². The molecule has 2 aromatic rings. The molecule has 0 unspecified atom stereocenters. The number of hydrogen-bond donors (Lipinski definition) is 0. The van der Waals surface area contributed by atoms with Crippen LogP contribution < -0.4 is 9.47 Å². The van der Waals surface area contributed by atoms with Crippen molar-refractivity contribution in [3.63, 3.8) is 0 Å². The summed E-state index contributed by atoms with van der Waals surface area (Å²) in [5.41, 5.74) is 9.18. The third-order valence-corrected chi connectivity index (χ3v) is 12.5. The van der Waals surface area contributed by atoms with Gasteiger partial charge in [-0.05, 0) is 81.2 Å². The van der Waals surface area contributed by atoms with Gasteiger partial charge in [-0.25, -0.2) is 0 Å². The SMILES string of the molecule is C=C1SSC=C1c1cc(C(C)(C)C)c(OC)c(C(C)(C)CC(C)(C)c2cc(C3=CSSC3=C)cc(C(C)(C)C)c2OCC)c1. The normalized spacial score (nSPS) is 16.4. The average Bonchev–Trinajstić information content (AvgIpc) is 3.54. The molecule has 0 radical (unpaired) electrons. The first kappa shape index (κ1) is 35.3. The molecule has 2 heterocycles. The quantitative estimate of drug-likeness (QED) is 0.246. The largest absolute Gasteiger partial charge is 0.496 e. The van der Waals surface area contributed by atoms with Crippen LogP contribution in [-0.4, -0.2) is 13.7 Å². The van der Waals surface area contributed by atoms with Gasteiger partial charge in [0.1, 0.15) is 11.5 Å². The molecule has 0 bridgehead atoms. The highest BCUT2D eigenvalue weighted by atomic mass is 33.1. The third kappa shape index (κ3) is 7.19. The predicted molar refractivity (Wildman–Crippen MR) is 203 cm³/mol. The zero-order valence-electron chi connectivity index (χ0n) is 28.7. The fourth-order valence-corrected chi connectivity index (χ4v) is 10.3. The number of benzene rings is 2. The molecule has 44 heavy (non-hydrogen) atoms. The molecule has 4 rings (SSSR count). The monoisotopic (exact) mass is 666 g/mol. The van der Waals surface area contributed by atoms with Crippen LogP contribution in [-0.2, 0) is 21.7 Å². The smallest absolute Gasteiger partial charge is 0.126 e. The van der Waals surface area contributed by atoms with E-state index >= 15 is 0 Å². The summed E-state index contributed by atoms with van der Waals surface area (Å²) in [7, 11) is 8.79. The number of hydrogen-bond acceptors (Lipinski definition) is 6. The van der Waals surface area contributed by atoms with Gasteiger partial charge in [-0.2, -0.15) is 0 Å². The van der Waals surface area contributed by atoms with Crippen molar-refractivity contribution in [3.8, 4) is 11.5 Å². The summed E-state index contributed by atoms with van der Waals surface area (Å²) < 4.78 is 12.8. The Morgan fingerprint density at radius 1 is 0.614 bits per heavy atom. The van der Waals surface area contributed by atoms with Crippen LogP contribution in [0.15, 0.2) is 58.0 Å². The van der Waals surface area contributed by atoms with E-state index in [1.165, 1.54) is 44.5 Å². The van der Waals surface area contributed by atoms with Crippen molar-refractivity contribution in [2.45, 2.75) is 104 Å². The van der Waals surface area contributed by atoms with E-state index in [1.54, 1.807) is 43.2 Å². The summed E-state index contributed by atoms with van der Waals surface area (Å²) in [6.07, 6.45) is 0.892. The maximum atomic E-state index is 6.55. The summed E-state index contributed by atoms with van der Waals surface area (Å²) in [6, 6.07) is 9.38. The molecule has 238 valence electrons. The molecule has 6 heteroatoms. The Morgan fingerprint density at radius 3 is 1.34 bits per heavy atom. The van der Waals surface area contributed by atoms with Crippen molar-refractivity contribution in [2.75, 3.05) is 13.7 Å². The van der Waals surface area contributed by atoms with Crippen LogP contribution in [0.1, 0.15) is 116 Å². The lowest BCUT2D eigenvalue weighted by molar-refractivity contribution is 0.295. The van der Waals surface area contributed by atoms with Crippen LogP contribution >= 0.6 is 43.2 Å². The molecule has 0 N–H and O–H groups in total. The van der Waals surface area contributed by atoms with Gasteiger partial charge in [0.05, 0.1) is 13.7 Å². The molecule has 0 fully saturated rings. The van der Waals surface area contributed by atoms with Crippen LogP contribution in [0.3, 0.4) is 0 Å². The molecule has 2 aliphatic rings. The lowest BCUT2D eigenvalue weighted by Gasteiger charge is -2.40. The van der Waals surface area contributed by atoms with Crippen molar-refractivity contribution in [2.24, 2.45) is 0 Å². The molecule has 0 spiro atoms. The molecule has 0 aromatic heterocycles.